The van der Waals surface area contributed by atoms with Gasteiger partial charge in [0, 0.05) is 19.1 Å². The summed E-state index contributed by atoms with van der Waals surface area (Å²) in [7, 11) is 0. The maximum absolute atomic E-state index is 3.59. The summed E-state index contributed by atoms with van der Waals surface area (Å²) < 4.78 is 0. The van der Waals surface area contributed by atoms with Gasteiger partial charge in [0.1, 0.15) is 0 Å². The molecule has 0 saturated carbocycles. The molecular weight excluding hydrogens is 196 g/mol. The van der Waals surface area contributed by atoms with Crippen molar-refractivity contribution in [1.29, 1.82) is 0 Å². The lowest BCUT2D eigenvalue weighted by atomic mass is 9.99. The molecule has 2 atom stereocenters. The SMILES string of the molecule is CC(C)CCNCC(C)N1CCCC(C)C1. The van der Waals surface area contributed by atoms with Gasteiger partial charge in [-0.1, -0.05) is 20.8 Å². The van der Waals surface area contributed by atoms with E-state index in [0.717, 1.165) is 18.4 Å². The third-order valence-electron chi connectivity index (χ3n) is 3.65. The highest BCUT2D eigenvalue weighted by molar-refractivity contribution is 4.76. The second-order valence-corrected chi connectivity index (χ2v) is 5.98. The molecule has 1 heterocycles. The van der Waals surface area contributed by atoms with Crippen molar-refractivity contribution < 1.29 is 0 Å². The molecule has 2 unspecified atom stereocenters. The van der Waals surface area contributed by atoms with Gasteiger partial charge in [0.15, 0.2) is 0 Å². The minimum absolute atomic E-state index is 0.704. The Hall–Kier alpha value is -0.0800. The van der Waals surface area contributed by atoms with Crippen molar-refractivity contribution in [3.05, 3.63) is 0 Å². The Morgan fingerprint density at radius 1 is 1.31 bits per heavy atom. The zero-order valence-corrected chi connectivity index (χ0v) is 11.6. The average Bonchev–Trinajstić information content (AvgIpc) is 2.24. The summed E-state index contributed by atoms with van der Waals surface area (Å²) in [5.41, 5.74) is 0. The second kappa shape index (κ2) is 7.29. The predicted molar refractivity (Wildman–Crippen MR) is 71.8 cm³/mol. The van der Waals surface area contributed by atoms with E-state index in [4.69, 9.17) is 0 Å². The van der Waals surface area contributed by atoms with E-state index in [-0.39, 0.29) is 0 Å². The van der Waals surface area contributed by atoms with Crippen molar-refractivity contribution >= 4 is 0 Å². The van der Waals surface area contributed by atoms with Crippen molar-refractivity contribution in [2.45, 2.75) is 53.0 Å². The highest BCUT2D eigenvalue weighted by Crippen LogP contribution is 2.17. The molecule has 16 heavy (non-hydrogen) atoms. The van der Waals surface area contributed by atoms with Crippen LogP contribution in [-0.4, -0.2) is 37.1 Å². The number of nitrogens with one attached hydrogen (secondary N) is 1. The van der Waals surface area contributed by atoms with Gasteiger partial charge in [-0.3, -0.25) is 4.90 Å². The molecule has 0 radical (unpaired) electrons. The molecule has 0 amide bonds. The summed E-state index contributed by atoms with van der Waals surface area (Å²) in [6, 6.07) is 0.704. The van der Waals surface area contributed by atoms with Gasteiger partial charge in [0.05, 0.1) is 0 Å². The molecule has 2 heteroatoms. The smallest absolute Gasteiger partial charge is 0.0192 e. The normalized spacial score (nSPS) is 24.9. The van der Waals surface area contributed by atoms with Gasteiger partial charge in [-0.2, -0.15) is 0 Å². The first-order valence-electron chi connectivity index (χ1n) is 7.04. The van der Waals surface area contributed by atoms with Crippen LogP contribution in [0.5, 0.6) is 0 Å². The van der Waals surface area contributed by atoms with Crippen LogP contribution in [0.3, 0.4) is 0 Å². The minimum Gasteiger partial charge on any atom is -0.315 e. The molecule has 96 valence electrons. The molecule has 0 aromatic heterocycles. The number of nitrogens with zero attached hydrogens (tertiary/aromatic N) is 1. The Balaban J connectivity index is 2.11. The molecule has 1 aliphatic rings. The summed E-state index contributed by atoms with van der Waals surface area (Å²) in [6.45, 7) is 14.2. The van der Waals surface area contributed by atoms with E-state index in [2.05, 4.69) is 37.9 Å². The molecule has 0 aromatic rings. The fourth-order valence-electron chi connectivity index (χ4n) is 2.46. The van der Waals surface area contributed by atoms with Crippen LogP contribution in [-0.2, 0) is 0 Å². The van der Waals surface area contributed by atoms with Gasteiger partial charge in [-0.05, 0) is 51.1 Å². The molecule has 0 spiro atoms. The van der Waals surface area contributed by atoms with Crippen LogP contribution in [0.1, 0.15) is 47.0 Å². The summed E-state index contributed by atoms with van der Waals surface area (Å²) >= 11 is 0. The van der Waals surface area contributed by atoms with E-state index in [1.54, 1.807) is 0 Å². The monoisotopic (exact) mass is 226 g/mol. The number of rotatable bonds is 6. The zero-order valence-electron chi connectivity index (χ0n) is 11.6. The Labute approximate surface area is 102 Å². The minimum atomic E-state index is 0.704. The van der Waals surface area contributed by atoms with Gasteiger partial charge >= 0.3 is 0 Å². The molecule has 0 aliphatic carbocycles. The van der Waals surface area contributed by atoms with Crippen LogP contribution in [0.25, 0.3) is 0 Å². The van der Waals surface area contributed by atoms with E-state index in [9.17, 15) is 0 Å². The fourth-order valence-corrected chi connectivity index (χ4v) is 2.46. The van der Waals surface area contributed by atoms with Gasteiger partial charge < -0.3 is 5.32 Å². The molecule has 0 aromatic carbocycles. The van der Waals surface area contributed by atoms with Crippen LogP contribution in [0.4, 0.5) is 0 Å². The van der Waals surface area contributed by atoms with E-state index in [1.807, 2.05) is 0 Å². The molecular formula is C14H30N2. The molecule has 0 bridgehead atoms. The molecule has 1 N–H and O–H groups in total. The third-order valence-corrected chi connectivity index (χ3v) is 3.65. The largest absolute Gasteiger partial charge is 0.315 e. The van der Waals surface area contributed by atoms with Crippen molar-refractivity contribution in [2.75, 3.05) is 26.2 Å². The highest BCUT2D eigenvalue weighted by Gasteiger charge is 2.20. The number of hydrogen-bond acceptors (Lipinski definition) is 2. The van der Waals surface area contributed by atoms with Crippen LogP contribution in [0.2, 0.25) is 0 Å². The first-order valence-corrected chi connectivity index (χ1v) is 7.04. The Kier molecular flexibility index (Phi) is 6.37. The second-order valence-electron chi connectivity index (χ2n) is 5.98. The maximum atomic E-state index is 3.59. The summed E-state index contributed by atoms with van der Waals surface area (Å²) in [5, 5.41) is 3.59. The average molecular weight is 226 g/mol. The number of piperidine rings is 1. The van der Waals surface area contributed by atoms with Crippen LogP contribution in [0, 0.1) is 11.8 Å². The number of likely N-dealkylation sites (tertiary alicyclic amines) is 1. The molecule has 1 saturated heterocycles. The van der Waals surface area contributed by atoms with Crippen molar-refractivity contribution in [1.82, 2.24) is 10.2 Å². The van der Waals surface area contributed by atoms with Crippen molar-refractivity contribution in [2.24, 2.45) is 11.8 Å². The fraction of sp³-hybridized carbons (Fsp3) is 1.00. The Morgan fingerprint density at radius 3 is 2.69 bits per heavy atom. The molecule has 1 fully saturated rings. The van der Waals surface area contributed by atoms with Crippen molar-refractivity contribution in [3.8, 4) is 0 Å². The highest BCUT2D eigenvalue weighted by atomic mass is 15.2. The van der Waals surface area contributed by atoms with Gasteiger partial charge in [-0.25, -0.2) is 0 Å². The summed E-state index contributed by atoms with van der Waals surface area (Å²) in [4.78, 5) is 2.65. The van der Waals surface area contributed by atoms with Crippen LogP contribution >= 0.6 is 0 Å². The first kappa shape index (κ1) is 14.0. The lowest BCUT2D eigenvalue weighted by molar-refractivity contribution is 0.136. The van der Waals surface area contributed by atoms with E-state index in [1.165, 1.54) is 38.9 Å². The van der Waals surface area contributed by atoms with Gasteiger partial charge in [0.2, 0.25) is 0 Å². The van der Waals surface area contributed by atoms with E-state index >= 15 is 0 Å². The van der Waals surface area contributed by atoms with Crippen LogP contribution in [0.15, 0.2) is 0 Å². The van der Waals surface area contributed by atoms with E-state index in [0.29, 0.717) is 6.04 Å². The van der Waals surface area contributed by atoms with Gasteiger partial charge in [-0.15, -0.1) is 0 Å². The summed E-state index contributed by atoms with van der Waals surface area (Å²) in [5.74, 6) is 1.71. The quantitative estimate of drug-likeness (QED) is 0.701. The Morgan fingerprint density at radius 2 is 2.06 bits per heavy atom. The van der Waals surface area contributed by atoms with Crippen molar-refractivity contribution in [3.63, 3.8) is 0 Å². The molecule has 1 aliphatic heterocycles. The first-order chi connectivity index (χ1) is 7.59. The maximum Gasteiger partial charge on any atom is 0.0192 e. The van der Waals surface area contributed by atoms with Crippen LogP contribution < -0.4 is 5.32 Å². The third kappa shape index (κ3) is 5.31. The lowest BCUT2D eigenvalue weighted by Gasteiger charge is -2.35. The molecule has 1 rings (SSSR count). The predicted octanol–water partition coefficient (Wildman–Crippen LogP) is 2.74. The topological polar surface area (TPSA) is 15.3 Å². The lowest BCUT2D eigenvalue weighted by Crippen LogP contribution is -2.45. The number of hydrogen-bond donors (Lipinski definition) is 1. The summed E-state index contributed by atoms with van der Waals surface area (Å²) in [6.07, 6.45) is 4.10. The Bertz CT molecular complexity index is 180. The van der Waals surface area contributed by atoms with Gasteiger partial charge in [0.25, 0.3) is 0 Å². The van der Waals surface area contributed by atoms with E-state index < -0.39 is 0 Å². The molecule has 2 nitrogen and oxygen atoms in total. The standard InChI is InChI=1S/C14H30N2/c1-12(2)7-8-15-10-14(4)16-9-5-6-13(3)11-16/h12-15H,5-11H2,1-4H3. The zero-order chi connectivity index (χ0) is 12.0.